The van der Waals surface area contributed by atoms with Gasteiger partial charge in [0.15, 0.2) is 0 Å². The van der Waals surface area contributed by atoms with Crippen molar-refractivity contribution in [3.63, 3.8) is 0 Å². The molecule has 2 rings (SSSR count). The van der Waals surface area contributed by atoms with Crippen molar-refractivity contribution in [3.05, 3.63) is 11.8 Å². The van der Waals surface area contributed by atoms with E-state index in [9.17, 15) is 4.79 Å². The number of nitrogens with two attached hydrogens (primary N) is 1. The number of nitrogens with zero attached hydrogens (tertiary/aromatic N) is 3. The van der Waals surface area contributed by atoms with E-state index in [0.717, 1.165) is 25.9 Å². The van der Waals surface area contributed by atoms with Crippen LogP contribution in [0.1, 0.15) is 24.8 Å². The summed E-state index contributed by atoms with van der Waals surface area (Å²) in [6, 6.07) is 0. The molecular weight excluding hydrogens is 220 g/mol. The molecule has 0 saturated carbocycles. The van der Waals surface area contributed by atoms with Crippen LogP contribution >= 0.6 is 0 Å². The number of aliphatic carboxylic acids is 1. The Balaban J connectivity index is 2.08. The van der Waals surface area contributed by atoms with E-state index in [2.05, 4.69) is 14.9 Å². The molecule has 17 heavy (non-hydrogen) atoms. The van der Waals surface area contributed by atoms with Crippen LogP contribution in [-0.4, -0.2) is 34.1 Å². The maximum absolute atomic E-state index is 10.5. The molecule has 1 saturated heterocycles. The third-order valence-corrected chi connectivity index (χ3v) is 2.88. The van der Waals surface area contributed by atoms with Crippen LogP contribution in [0.3, 0.4) is 0 Å². The highest BCUT2D eigenvalue weighted by Crippen LogP contribution is 2.18. The van der Waals surface area contributed by atoms with E-state index in [1.54, 1.807) is 6.20 Å². The van der Waals surface area contributed by atoms with Crippen LogP contribution in [0.25, 0.3) is 0 Å². The first-order valence-electron chi connectivity index (χ1n) is 5.75. The summed E-state index contributed by atoms with van der Waals surface area (Å²) >= 11 is 0. The average molecular weight is 236 g/mol. The van der Waals surface area contributed by atoms with Gasteiger partial charge in [-0.25, -0.2) is 4.98 Å². The summed E-state index contributed by atoms with van der Waals surface area (Å²) in [5.41, 5.74) is 6.51. The Morgan fingerprint density at radius 2 is 2.18 bits per heavy atom. The molecule has 1 aliphatic rings. The maximum atomic E-state index is 10.5. The Hall–Kier alpha value is -1.85. The Morgan fingerprint density at radius 3 is 2.76 bits per heavy atom. The molecular formula is C11H16N4O2. The van der Waals surface area contributed by atoms with Gasteiger partial charge < -0.3 is 15.7 Å². The van der Waals surface area contributed by atoms with E-state index in [1.165, 1.54) is 0 Å². The number of aromatic nitrogens is 2. The number of hydrogen-bond donors (Lipinski definition) is 2. The highest BCUT2D eigenvalue weighted by atomic mass is 16.4. The molecule has 0 aliphatic carbocycles. The van der Waals surface area contributed by atoms with Crippen LogP contribution in [0.4, 0.5) is 11.8 Å². The number of hydrogen-bond acceptors (Lipinski definition) is 5. The molecule has 0 aromatic carbocycles. The van der Waals surface area contributed by atoms with Gasteiger partial charge in [-0.1, -0.05) is 0 Å². The quantitative estimate of drug-likeness (QED) is 0.798. The van der Waals surface area contributed by atoms with Gasteiger partial charge in [0.2, 0.25) is 5.95 Å². The monoisotopic (exact) mass is 236 g/mol. The molecule has 1 aliphatic heterocycles. The van der Waals surface area contributed by atoms with E-state index in [1.807, 2.05) is 0 Å². The first-order chi connectivity index (χ1) is 8.16. The topological polar surface area (TPSA) is 92.3 Å². The lowest BCUT2D eigenvalue weighted by molar-refractivity contribution is -0.136. The molecule has 0 radical (unpaired) electrons. The standard InChI is InChI=1S/C11H16N4O2/c12-10-8(3-4-9(16)17)7-13-11(14-10)15-5-1-2-6-15/h7H,1-6H2,(H,16,17)(H2,12,13,14). The molecule has 1 aromatic heterocycles. The summed E-state index contributed by atoms with van der Waals surface area (Å²) in [7, 11) is 0. The minimum absolute atomic E-state index is 0.0522. The molecule has 0 bridgehead atoms. The molecule has 1 aromatic rings. The van der Waals surface area contributed by atoms with Crippen molar-refractivity contribution in [3.8, 4) is 0 Å². The molecule has 2 heterocycles. The van der Waals surface area contributed by atoms with Crippen LogP contribution in [0.5, 0.6) is 0 Å². The lowest BCUT2D eigenvalue weighted by atomic mass is 10.2. The van der Waals surface area contributed by atoms with E-state index < -0.39 is 5.97 Å². The van der Waals surface area contributed by atoms with Crippen molar-refractivity contribution in [2.45, 2.75) is 25.7 Å². The number of nitrogen functional groups attached to an aromatic ring is 1. The van der Waals surface area contributed by atoms with Crippen molar-refractivity contribution in [2.75, 3.05) is 23.7 Å². The van der Waals surface area contributed by atoms with Gasteiger partial charge in [0.1, 0.15) is 5.82 Å². The molecule has 0 spiro atoms. The minimum Gasteiger partial charge on any atom is -0.481 e. The molecule has 0 unspecified atom stereocenters. The van der Waals surface area contributed by atoms with Crippen molar-refractivity contribution in [1.82, 2.24) is 9.97 Å². The van der Waals surface area contributed by atoms with Crippen molar-refractivity contribution < 1.29 is 9.90 Å². The summed E-state index contributed by atoms with van der Waals surface area (Å²) in [5, 5.41) is 8.60. The van der Waals surface area contributed by atoms with Crippen molar-refractivity contribution >= 4 is 17.7 Å². The van der Waals surface area contributed by atoms with Gasteiger partial charge in [0, 0.05) is 31.3 Å². The van der Waals surface area contributed by atoms with Crippen LogP contribution in [0, 0.1) is 0 Å². The normalized spacial score (nSPS) is 15.2. The second-order valence-electron chi connectivity index (χ2n) is 4.17. The Morgan fingerprint density at radius 1 is 1.47 bits per heavy atom. The Kier molecular flexibility index (Phi) is 3.41. The number of carbonyl (C=O) groups is 1. The highest BCUT2D eigenvalue weighted by molar-refractivity contribution is 5.67. The van der Waals surface area contributed by atoms with E-state index >= 15 is 0 Å². The van der Waals surface area contributed by atoms with Gasteiger partial charge in [-0.2, -0.15) is 4.98 Å². The third kappa shape index (κ3) is 2.83. The minimum atomic E-state index is -0.840. The smallest absolute Gasteiger partial charge is 0.303 e. The van der Waals surface area contributed by atoms with Gasteiger partial charge in [0.25, 0.3) is 0 Å². The number of carboxylic acid groups (broad SMARTS) is 1. The zero-order valence-corrected chi connectivity index (χ0v) is 9.59. The lowest BCUT2D eigenvalue weighted by Gasteiger charge is -2.15. The lowest BCUT2D eigenvalue weighted by Crippen LogP contribution is -2.21. The maximum Gasteiger partial charge on any atom is 0.303 e. The SMILES string of the molecule is Nc1nc(N2CCCC2)ncc1CCC(=O)O. The van der Waals surface area contributed by atoms with Gasteiger partial charge in [0.05, 0.1) is 0 Å². The van der Waals surface area contributed by atoms with Gasteiger partial charge >= 0.3 is 5.97 Å². The van der Waals surface area contributed by atoms with Gasteiger partial charge in [-0.15, -0.1) is 0 Å². The highest BCUT2D eigenvalue weighted by Gasteiger charge is 2.16. The van der Waals surface area contributed by atoms with Gasteiger partial charge in [-0.05, 0) is 19.3 Å². The molecule has 92 valence electrons. The molecule has 6 heteroatoms. The number of carboxylic acids is 1. The first kappa shape index (κ1) is 11.6. The fourth-order valence-electron chi connectivity index (χ4n) is 1.91. The Labute approximate surface area is 99.5 Å². The average Bonchev–Trinajstić information content (AvgIpc) is 2.80. The summed E-state index contributed by atoms with van der Waals surface area (Å²) in [5.74, 6) is 0.204. The second-order valence-corrected chi connectivity index (χ2v) is 4.17. The Bertz CT molecular complexity index is 416. The number of rotatable bonds is 4. The molecule has 0 amide bonds. The fourth-order valence-corrected chi connectivity index (χ4v) is 1.91. The number of anilines is 2. The summed E-state index contributed by atoms with van der Waals surface area (Å²) in [6.07, 6.45) is 4.38. The van der Waals surface area contributed by atoms with Crippen molar-refractivity contribution in [1.29, 1.82) is 0 Å². The van der Waals surface area contributed by atoms with E-state index in [4.69, 9.17) is 10.8 Å². The van der Waals surface area contributed by atoms with Crippen LogP contribution < -0.4 is 10.6 Å². The van der Waals surface area contributed by atoms with E-state index in [-0.39, 0.29) is 6.42 Å². The second kappa shape index (κ2) is 4.99. The zero-order valence-electron chi connectivity index (χ0n) is 9.59. The molecule has 0 atom stereocenters. The van der Waals surface area contributed by atoms with Crippen LogP contribution in [-0.2, 0) is 11.2 Å². The number of aryl methyl sites for hydroxylation is 1. The van der Waals surface area contributed by atoms with Crippen LogP contribution in [0.2, 0.25) is 0 Å². The molecule has 3 N–H and O–H groups in total. The first-order valence-corrected chi connectivity index (χ1v) is 5.75. The zero-order chi connectivity index (χ0) is 12.3. The predicted octanol–water partition coefficient (Wildman–Crippen LogP) is 0.676. The van der Waals surface area contributed by atoms with E-state index in [0.29, 0.717) is 23.8 Å². The summed E-state index contributed by atoms with van der Waals surface area (Å²) in [4.78, 5) is 21.0. The fraction of sp³-hybridized carbons (Fsp3) is 0.545. The van der Waals surface area contributed by atoms with Crippen LogP contribution in [0.15, 0.2) is 6.20 Å². The van der Waals surface area contributed by atoms with Crippen molar-refractivity contribution in [2.24, 2.45) is 0 Å². The molecule has 1 fully saturated rings. The predicted molar refractivity (Wildman–Crippen MR) is 63.8 cm³/mol. The summed E-state index contributed by atoms with van der Waals surface area (Å²) in [6.45, 7) is 1.93. The summed E-state index contributed by atoms with van der Waals surface area (Å²) < 4.78 is 0. The van der Waals surface area contributed by atoms with Gasteiger partial charge in [-0.3, -0.25) is 4.79 Å². The third-order valence-electron chi connectivity index (χ3n) is 2.88. The molecule has 6 nitrogen and oxygen atoms in total. The largest absolute Gasteiger partial charge is 0.481 e.